The van der Waals surface area contributed by atoms with Crippen molar-refractivity contribution in [2.24, 2.45) is 5.92 Å². The Morgan fingerprint density at radius 1 is 1.71 bits per heavy atom. The molecule has 1 rings (SSSR count). The number of likely N-dealkylation sites (tertiary alicyclic amines) is 1. The zero-order chi connectivity index (χ0) is 12.7. The number of carbonyl (C=O) groups excluding carboxylic acids is 2. The van der Waals surface area contributed by atoms with E-state index in [1.165, 1.54) is 0 Å². The molecular formula is C12H20N2O2S. The van der Waals surface area contributed by atoms with E-state index in [0.29, 0.717) is 26.1 Å². The predicted octanol–water partition coefficient (Wildman–Crippen LogP) is 0.890. The van der Waals surface area contributed by atoms with Gasteiger partial charge in [-0.3, -0.25) is 9.59 Å². The third kappa shape index (κ3) is 4.42. The quantitative estimate of drug-likeness (QED) is 0.543. The van der Waals surface area contributed by atoms with Crippen LogP contribution in [0.2, 0.25) is 0 Å². The molecule has 0 radical (unpaired) electrons. The first-order valence-electron chi connectivity index (χ1n) is 5.93. The van der Waals surface area contributed by atoms with E-state index < -0.39 is 0 Å². The zero-order valence-electron chi connectivity index (χ0n) is 10.3. The van der Waals surface area contributed by atoms with E-state index >= 15 is 0 Å². The van der Waals surface area contributed by atoms with Crippen LogP contribution in [0.25, 0.3) is 0 Å². The van der Waals surface area contributed by atoms with E-state index in [0.717, 1.165) is 11.5 Å². The fourth-order valence-corrected chi connectivity index (χ4v) is 2.35. The first-order chi connectivity index (χ1) is 8.19. The average Bonchev–Trinajstić information content (AvgIpc) is 2.67. The van der Waals surface area contributed by atoms with Crippen molar-refractivity contribution in [2.45, 2.75) is 13.3 Å². The standard InChI is InChI=1S/C12H20N2O2S/c1-3-6-14-9-10(8-11(14)15)12(16)13-5-7-17-4-2/h3,10H,1,4-9H2,2H3,(H,13,16). The minimum atomic E-state index is -0.186. The van der Waals surface area contributed by atoms with Crippen molar-refractivity contribution in [1.82, 2.24) is 10.2 Å². The molecule has 0 aromatic rings. The van der Waals surface area contributed by atoms with Gasteiger partial charge in [0, 0.05) is 31.8 Å². The minimum Gasteiger partial charge on any atom is -0.355 e. The van der Waals surface area contributed by atoms with Crippen LogP contribution in [-0.2, 0) is 9.59 Å². The number of hydrogen-bond acceptors (Lipinski definition) is 3. The van der Waals surface area contributed by atoms with Crippen molar-refractivity contribution >= 4 is 23.6 Å². The number of hydrogen-bond donors (Lipinski definition) is 1. The second kappa shape index (κ2) is 7.37. The van der Waals surface area contributed by atoms with E-state index in [9.17, 15) is 9.59 Å². The summed E-state index contributed by atoms with van der Waals surface area (Å²) in [6.45, 7) is 7.44. The molecule has 4 nitrogen and oxygen atoms in total. The first-order valence-corrected chi connectivity index (χ1v) is 7.08. The summed E-state index contributed by atoms with van der Waals surface area (Å²) in [6.07, 6.45) is 2.02. The van der Waals surface area contributed by atoms with Gasteiger partial charge in [-0.1, -0.05) is 13.0 Å². The summed E-state index contributed by atoms with van der Waals surface area (Å²) in [5.41, 5.74) is 0. The van der Waals surface area contributed by atoms with Gasteiger partial charge in [0.25, 0.3) is 0 Å². The number of carbonyl (C=O) groups is 2. The lowest BCUT2D eigenvalue weighted by molar-refractivity contribution is -0.128. The van der Waals surface area contributed by atoms with Crippen LogP contribution in [0.4, 0.5) is 0 Å². The number of amides is 2. The van der Waals surface area contributed by atoms with E-state index in [1.807, 2.05) is 0 Å². The van der Waals surface area contributed by atoms with Crippen LogP contribution in [-0.4, -0.2) is 47.9 Å². The highest BCUT2D eigenvalue weighted by Crippen LogP contribution is 2.17. The molecule has 1 fully saturated rings. The molecule has 2 amide bonds. The normalized spacial score (nSPS) is 19.5. The molecular weight excluding hydrogens is 236 g/mol. The monoisotopic (exact) mass is 256 g/mol. The maximum atomic E-state index is 11.8. The van der Waals surface area contributed by atoms with Crippen LogP contribution in [0.5, 0.6) is 0 Å². The SMILES string of the molecule is C=CCN1CC(C(=O)NCCSCC)CC1=O. The molecule has 0 spiro atoms. The fraction of sp³-hybridized carbons (Fsp3) is 0.667. The molecule has 5 heteroatoms. The summed E-state index contributed by atoms with van der Waals surface area (Å²) >= 11 is 1.80. The van der Waals surface area contributed by atoms with Crippen LogP contribution in [0, 0.1) is 5.92 Å². The summed E-state index contributed by atoms with van der Waals surface area (Å²) in [4.78, 5) is 25.0. The summed E-state index contributed by atoms with van der Waals surface area (Å²) in [5.74, 6) is 1.85. The summed E-state index contributed by atoms with van der Waals surface area (Å²) < 4.78 is 0. The van der Waals surface area contributed by atoms with Gasteiger partial charge >= 0.3 is 0 Å². The van der Waals surface area contributed by atoms with Gasteiger partial charge in [0.2, 0.25) is 11.8 Å². The first kappa shape index (κ1) is 14.1. The van der Waals surface area contributed by atoms with Crippen LogP contribution >= 0.6 is 11.8 Å². The third-order valence-electron chi connectivity index (χ3n) is 2.68. The Morgan fingerprint density at radius 3 is 3.12 bits per heavy atom. The Bertz CT molecular complexity index is 294. The Hall–Kier alpha value is -0.970. The van der Waals surface area contributed by atoms with Crippen LogP contribution in [0.15, 0.2) is 12.7 Å². The van der Waals surface area contributed by atoms with Gasteiger partial charge in [0.15, 0.2) is 0 Å². The highest BCUT2D eigenvalue weighted by Gasteiger charge is 2.33. The minimum absolute atomic E-state index is 0.00150. The van der Waals surface area contributed by atoms with Gasteiger partial charge in [-0.05, 0) is 5.75 Å². The van der Waals surface area contributed by atoms with Crippen LogP contribution in [0.1, 0.15) is 13.3 Å². The highest BCUT2D eigenvalue weighted by molar-refractivity contribution is 7.99. The smallest absolute Gasteiger partial charge is 0.225 e. The van der Waals surface area contributed by atoms with Gasteiger partial charge in [-0.25, -0.2) is 0 Å². The Morgan fingerprint density at radius 2 is 2.47 bits per heavy atom. The molecule has 0 aromatic heterocycles. The molecule has 17 heavy (non-hydrogen) atoms. The van der Waals surface area contributed by atoms with Crippen LogP contribution in [0.3, 0.4) is 0 Å². The van der Waals surface area contributed by atoms with E-state index in [2.05, 4.69) is 18.8 Å². The number of thioether (sulfide) groups is 1. The van der Waals surface area contributed by atoms with Gasteiger partial charge in [0.05, 0.1) is 5.92 Å². The molecule has 0 aliphatic carbocycles. The molecule has 1 aliphatic heterocycles. The number of nitrogens with zero attached hydrogens (tertiary/aromatic N) is 1. The molecule has 0 saturated carbocycles. The van der Waals surface area contributed by atoms with Crippen molar-refractivity contribution < 1.29 is 9.59 Å². The Labute approximate surface area is 107 Å². The molecule has 1 aliphatic rings. The van der Waals surface area contributed by atoms with E-state index in [4.69, 9.17) is 0 Å². The molecule has 1 saturated heterocycles. The fourth-order valence-electron chi connectivity index (χ4n) is 1.82. The lowest BCUT2D eigenvalue weighted by Gasteiger charge is -2.13. The second-order valence-electron chi connectivity index (χ2n) is 3.98. The molecule has 1 unspecified atom stereocenters. The van der Waals surface area contributed by atoms with E-state index in [-0.39, 0.29) is 17.7 Å². The molecule has 0 aromatic carbocycles. The lowest BCUT2D eigenvalue weighted by atomic mass is 10.1. The van der Waals surface area contributed by atoms with Gasteiger partial charge in [-0.2, -0.15) is 11.8 Å². The molecule has 96 valence electrons. The predicted molar refractivity (Wildman–Crippen MR) is 70.9 cm³/mol. The van der Waals surface area contributed by atoms with Gasteiger partial charge in [-0.15, -0.1) is 6.58 Å². The summed E-state index contributed by atoms with van der Waals surface area (Å²) in [6, 6.07) is 0. The maximum Gasteiger partial charge on any atom is 0.225 e. The second-order valence-corrected chi connectivity index (χ2v) is 5.37. The zero-order valence-corrected chi connectivity index (χ0v) is 11.1. The highest BCUT2D eigenvalue weighted by atomic mass is 32.2. The summed E-state index contributed by atoms with van der Waals surface area (Å²) in [7, 11) is 0. The maximum absolute atomic E-state index is 11.8. The van der Waals surface area contributed by atoms with Crippen molar-refractivity contribution in [3.63, 3.8) is 0 Å². The topological polar surface area (TPSA) is 49.4 Å². The molecule has 1 atom stereocenters. The Kier molecular flexibility index (Phi) is 6.11. The van der Waals surface area contributed by atoms with Gasteiger partial charge < -0.3 is 10.2 Å². The molecule has 1 heterocycles. The largest absolute Gasteiger partial charge is 0.355 e. The molecule has 1 N–H and O–H groups in total. The van der Waals surface area contributed by atoms with E-state index in [1.54, 1.807) is 22.7 Å². The van der Waals surface area contributed by atoms with Crippen LogP contribution < -0.4 is 5.32 Å². The Balaban J connectivity index is 2.29. The molecule has 0 bridgehead atoms. The van der Waals surface area contributed by atoms with Crippen molar-refractivity contribution in [1.29, 1.82) is 0 Å². The third-order valence-corrected chi connectivity index (χ3v) is 3.59. The van der Waals surface area contributed by atoms with Crippen molar-refractivity contribution in [3.05, 3.63) is 12.7 Å². The van der Waals surface area contributed by atoms with Gasteiger partial charge in [0.1, 0.15) is 0 Å². The average molecular weight is 256 g/mol. The number of nitrogens with one attached hydrogen (secondary N) is 1. The van der Waals surface area contributed by atoms with Crippen molar-refractivity contribution in [3.8, 4) is 0 Å². The lowest BCUT2D eigenvalue weighted by Crippen LogP contribution is -2.34. The van der Waals surface area contributed by atoms with Crippen molar-refractivity contribution in [2.75, 3.05) is 31.1 Å². The number of rotatable bonds is 7. The summed E-state index contributed by atoms with van der Waals surface area (Å²) in [5, 5.41) is 2.88.